The lowest BCUT2D eigenvalue weighted by molar-refractivity contribution is 0.501. The predicted molar refractivity (Wildman–Crippen MR) is 274 cm³/mol. The minimum atomic E-state index is -0.328. The van der Waals surface area contributed by atoms with E-state index >= 15 is 0 Å². The summed E-state index contributed by atoms with van der Waals surface area (Å²) in [6.07, 6.45) is 0.850. The molecule has 8 aromatic carbocycles. The van der Waals surface area contributed by atoms with Gasteiger partial charge in [-0.05, 0) is 127 Å². The molecule has 0 aromatic heterocycles. The van der Waals surface area contributed by atoms with Crippen molar-refractivity contribution in [1.29, 1.82) is 0 Å². The van der Waals surface area contributed by atoms with E-state index in [-0.39, 0.29) is 21.9 Å². The van der Waals surface area contributed by atoms with E-state index in [1.54, 1.807) is 0 Å². The van der Waals surface area contributed by atoms with Crippen molar-refractivity contribution in [3.8, 4) is 44.5 Å². The molecule has 0 saturated heterocycles. The van der Waals surface area contributed by atoms with Gasteiger partial charge in [-0.3, -0.25) is 0 Å². The van der Waals surface area contributed by atoms with Crippen molar-refractivity contribution in [2.45, 2.75) is 90.6 Å². The van der Waals surface area contributed by atoms with Crippen molar-refractivity contribution in [2.75, 3.05) is 9.80 Å². The summed E-state index contributed by atoms with van der Waals surface area (Å²) in [6.45, 7) is 21.5. The van der Waals surface area contributed by atoms with Gasteiger partial charge in [-0.2, -0.15) is 0 Å². The van der Waals surface area contributed by atoms with E-state index in [2.05, 4.69) is 260 Å². The van der Waals surface area contributed by atoms with Gasteiger partial charge in [0, 0.05) is 61.3 Å². The molecule has 2 aliphatic carbocycles. The quantitative estimate of drug-likeness (QED) is 0.143. The summed E-state index contributed by atoms with van der Waals surface area (Å²) in [5, 5.41) is 0. The lowest BCUT2D eigenvalue weighted by Crippen LogP contribution is -2.43. The summed E-state index contributed by atoms with van der Waals surface area (Å²) >= 11 is 0. The summed E-state index contributed by atoms with van der Waals surface area (Å²) in [4.78, 5) is 5.22. The molecule has 0 heterocycles. The average Bonchev–Trinajstić information content (AvgIpc) is 3.67. The molecule has 10 rings (SSSR count). The van der Waals surface area contributed by atoms with Gasteiger partial charge in [0.05, 0.1) is 0 Å². The van der Waals surface area contributed by atoms with Crippen molar-refractivity contribution in [1.82, 2.24) is 0 Å². The normalized spacial score (nSPS) is 14.3. The number of hydrogen-bond donors (Lipinski definition) is 0. The fourth-order valence-electron chi connectivity index (χ4n) is 11.3. The maximum absolute atomic E-state index is 2.65. The zero-order chi connectivity index (χ0) is 44.6. The first-order chi connectivity index (χ1) is 30.7. The number of benzene rings is 8. The van der Waals surface area contributed by atoms with Crippen molar-refractivity contribution < 1.29 is 0 Å². The van der Waals surface area contributed by atoms with Crippen molar-refractivity contribution in [3.63, 3.8) is 0 Å². The number of nitrogens with zero attached hydrogens (tertiary/aromatic N) is 2. The number of rotatable bonds is 9. The molecule has 2 nitrogen and oxygen atoms in total. The van der Waals surface area contributed by atoms with Crippen molar-refractivity contribution >= 4 is 22.7 Å². The fraction of sp³-hybridized carbons (Fsp3) is 0.226. The Morgan fingerprint density at radius 3 is 1.52 bits per heavy atom. The van der Waals surface area contributed by atoms with Crippen LogP contribution in [0, 0.1) is 0 Å². The van der Waals surface area contributed by atoms with Crippen LogP contribution in [0.5, 0.6) is 0 Å². The lowest BCUT2D eigenvalue weighted by atomic mass is 9.80. The number of anilines is 4. The zero-order valence-corrected chi connectivity index (χ0v) is 39.0. The first-order valence-corrected chi connectivity index (χ1v) is 23.1. The van der Waals surface area contributed by atoms with Crippen LogP contribution < -0.4 is 9.80 Å². The highest BCUT2D eigenvalue weighted by Gasteiger charge is 2.42. The third kappa shape index (κ3) is 6.78. The van der Waals surface area contributed by atoms with Crippen molar-refractivity contribution in [2.24, 2.45) is 0 Å². The maximum atomic E-state index is 2.65. The molecule has 64 heavy (non-hydrogen) atoms. The summed E-state index contributed by atoms with van der Waals surface area (Å²) in [7, 11) is 0. The average molecular weight is 833 g/mol. The van der Waals surface area contributed by atoms with Gasteiger partial charge in [-0.1, -0.05) is 185 Å². The van der Waals surface area contributed by atoms with Gasteiger partial charge in [0.25, 0.3) is 0 Å². The first kappa shape index (κ1) is 41.4. The van der Waals surface area contributed by atoms with Crippen LogP contribution in [0.3, 0.4) is 0 Å². The summed E-state index contributed by atoms with van der Waals surface area (Å²) < 4.78 is 0. The molecule has 0 fully saturated rings. The third-order valence-electron chi connectivity index (χ3n) is 14.2. The van der Waals surface area contributed by atoms with Crippen LogP contribution in [-0.4, -0.2) is 11.1 Å². The highest BCUT2D eigenvalue weighted by atomic mass is 15.2. The molecule has 2 aliphatic rings. The Kier molecular flexibility index (Phi) is 9.87. The Labute approximate surface area is 381 Å². The van der Waals surface area contributed by atoms with Gasteiger partial charge in [-0.15, -0.1) is 0 Å². The molecule has 0 saturated carbocycles. The van der Waals surface area contributed by atoms with Crippen LogP contribution >= 0.6 is 0 Å². The van der Waals surface area contributed by atoms with Gasteiger partial charge in [0.2, 0.25) is 0 Å². The molecular weight excluding hydrogens is 773 g/mol. The Morgan fingerprint density at radius 1 is 0.375 bits per heavy atom. The first-order valence-electron chi connectivity index (χ1n) is 23.1. The van der Waals surface area contributed by atoms with Crippen LogP contribution in [0.4, 0.5) is 22.7 Å². The minimum Gasteiger partial charge on any atom is -0.335 e. The molecular formula is C62H60N2. The smallest absolute Gasteiger partial charge is 0.0498 e. The van der Waals surface area contributed by atoms with E-state index in [0.29, 0.717) is 0 Å². The highest BCUT2D eigenvalue weighted by Crippen LogP contribution is 2.57. The molecule has 8 aromatic rings. The second-order valence-corrected chi connectivity index (χ2v) is 20.7. The molecule has 0 amide bonds. The number of para-hydroxylation sites is 1. The van der Waals surface area contributed by atoms with E-state index in [1.807, 2.05) is 0 Å². The van der Waals surface area contributed by atoms with Gasteiger partial charge >= 0.3 is 0 Å². The number of hydrogen-bond acceptors (Lipinski definition) is 2. The molecule has 0 N–H and O–H groups in total. The van der Waals surface area contributed by atoms with Gasteiger partial charge in [-0.25, -0.2) is 0 Å². The molecule has 0 spiro atoms. The van der Waals surface area contributed by atoms with Crippen LogP contribution in [0.1, 0.15) is 90.1 Å². The topological polar surface area (TPSA) is 6.48 Å². The molecule has 0 aliphatic heterocycles. The molecule has 2 heteroatoms. The zero-order valence-electron chi connectivity index (χ0n) is 39.0. The van der Waals surface area contributed by atoms with Crippen LogP contribution in [0.25, 0.3) is 44.5 Å². The predicted octanol–water partition coefficient (Wildman–Crippen LogP) is 16.7. The second kappa shape index (κ2) is 15.3. The Balaban J connectivity index is 1.10. The van der Waals surface area contributed by atoms with Gasteiger partial charge < -0.3 is 9.80 Å². The van der Waals surface area contributed by atoms with Crippen LogP contribution in [0.2, 0.25) is 0 Å². The minimum absolute atomic E-state index is 0.102. The van der Waals surface area contributed by atoms with Gasteiger partial charge in [0.1, 0.15) is 0 Å². The molecule has 0 unspecified atom stereocenters. The molecule has 0 bridgehead atoms. The van der Waals surface area contributed by atoms with Crippen molar-refractivity contribution in [3.05, 3.63) is 216 Å². The largest absolute Gasteiger partial charge is 0.335 e. The van der Waals surface area contributed by atoms with Crippen LogP contribution in [0.15, 0.2) is 188 Å². The second-order valence-electron chi connectivity index (χ2n) is 20.7. The fourth-order valence-corrected chi connectivity index (χ4v) is 11.3. The summed E-state index contributed by atoms with van der Waals surface area (Å²) in [5.41, 5.74) is 21.2. The molecule has 0 atom stereocenters. The standard InChI is InChI=1S/C62H60N2/c1-59(2,3)64(54-34-19-17-29-47(54)44-25-14-11-15-26-44)56-36-22-33-52-58(56)49-38-37-42(39-53(49)62(52,8)9)41-60(4,5)63(46-28-20-27-45(40-46)43-23-12-10-13-24-43)55-35-21-32-51-57(55)48-30-16-18-31-50(48)61(51,6)7/h10-40H,41H2,1-9H3. The van der Waals surface area contributed by atoms with E-state index in [1.165, 1.54) is 95.1 Å². The highest BCUT2D eigenvalue weighted by molar-refractivity contribution is 5.96. The molecule has 318 valence electrons. The van der Waals surface area contributed by atoms with E-state index in [9.17, 15) is 0 Å². The summed E-state index contributed by atoms with van der Waals surface area (Å²) in [5.74, 6) is 0. The lowest BCUT2D eigenvalue weighted by Gasteiger charge is -2.42. The van der Waals surface area contributed by atoms with E-state index in [0.717, 1.165) is 6.42 Å². The molecule has 0 radical (unpaired) electrons. The maximum Gasteiger partial charge on any atom is 0.0498 e. The van der Waals surface area contributed by atoms with Crippen LogP contribution in [-0.2, 0) is 17.3 Å². The Morgan fingerprint density at radius 2 is 0.859 bits per heavy atom. The van der Waals surface area contributed by atoms with Gasteiger partial charge in [0.15, 0.2) is 0 Å². The third-order valence-corrected chi connectivity index (χ3v) is 14.2. The Hall–Kier alpha value is -6.64. The number of fused-ring (bicyclic) bond motifs is 6. The van der Waals surface area contributed by atoms with E-state index in [4.69, 9.17) is 0 Å². The van der Waals surface area contributed by atoms with E-state index < -0.39 is 0 Å². The Bertz CT molecular complexity index is 3040. The SMILES string of the molecule is CC1(C)c2cc(CC(C)(C)N(c3cccc(-c4ccccc4)c3)c3cccc4c3-c3ccccc3C4(C)C)ccc2-c2c(N(c3ccccc3-c3ccccc3)C(C)(C)C)cccc21. The monoisotopic (exact) mass is 832 g/mol. The summed E-state index contributed by atoms with van der Waals surface area (Å²) in [6, 6.07) is 70.1.